The van der Waals surface area contributed by atoms with E-state index in [-0.39, 0.29) is 23.3 Å². The fourth-order valence-corrected chi connectivity index (χ4v) is 6.08. The average molecular weight is 349 g/mol. The molecule has 134 valence electrons. The molecule has 5 heteroatoms. The van der Waals surface area contributed by atoms with Gasteiger partial charge in [0.2, 0.25) is 5.91 Å². The molecule has 2 amide bonds. The van der Waals surface area contributed by atoms with E-state index >= 15 is 0 Å². The zero-order chi connectivity index (χ0) is 17.9. The highest BCUT2D eigenvalue weighted by molar-refractivity contribution is 6.05. The second-order valence-corrected chi connectivity index (χ2v) is 8.49. The zero-order valence-electron chi connectivity index (χ0n) is 14.7. The number of hydrogen-bond donors (Lipinski definition) is 2. The Balaban J connectivity index is 1.42. The lowest BCUT2D eigenvalue weighted by Crippen LogP contribution is -2.62. The van der Waals surface area contributed by atoms with Crippen molar-refractivity contribution in [1.82, 2.24) is 10.3 Å². The highest BCUT2D eigenvalue weighted by Crippen LogP contribution is 2.59. The third-order valence-electron chi connectivity index (χ3n) is 6.97. The van der Waals surface area contributed by atoms with Crippen molar-refractivity contribution < 1.29 is 9.59 Å². The molecule has 6 rings (SSSR count). The van der Waals surface area contributed by atoms with E-state index in [1.807, 2.05) is 30.3 Å². The van der Waals surface area contributed by atoms with Crippen molar-refractivity contribution in [3.8, 4) is 0 Å². The summed E-state index contributed by atoms with van der Waals surface area (Å²) < 4.78 is 0. The molecule has 0 spiro atoms. The molecule has 5 nitrogen and oxygen atoms in total. The van der Waals surface area contributed by atoms with Crippen molar-refractivity contribution in [2.24, 2.45) is 28.9 Å². The quantitative estimate of drug-likeness (QED) is 0.893. The Kier molecular flexibility index (Phi) is 3.36. The van der Waals surface area contributed by atoms with E-state index in [9.17, 15) is 9.59 Å². The van der Waals surface area contributed by atoms with Crippen molar-refractivity contribution in [2.45, 2.75) is 38.1 Å². The van der Waals surface area contributed by atoms with E-state index in [4.69, 9.17) is 5.73 Å². The summed E-state index contributed by atoms with van der Waals surface area (Å²) >= 11 is 0. The van der Waals surface area contributed by atoms with Gasteiger partial charge in [-0.1, -0.05) is 18.2 Å². The number of carbonyl (C=O) groups is 2. The number of carbonyl (C=O) groups excluding carboxylic acids is 2. The molecule has 4 aliphatic rings. The normalized spacial score (nSPS) is 34.8. The van der Waals surface area contributed by atoms with E-state index in [2.05, 4.69) is 10.3 Å². The van der Waals surface area contributed by atoms with Gasteiger partial charge in [0.1, 0.15) is 0 Å². The lowest BCUT2D eigenvalue weighted by atomic mass is 9.47. The number of nitrogens with zero attached hydrogens (tertiary/aromatic N) is 1. The molecule has 26 heavy (non-hydrogen) atoms. The van der Waals surface area contributed by atoms with Gasteiger partial charge in [0, 0.05) is 23.0 Å². The number of para-hydroxylation sites is 1. The van der Waals surface area contributed by atoms with Crippen molar-refractivity contribution in [3.05, 3.63) is 42.1 Å². The maximum atomic E-state index is 13.0. The summed E-state index contributed by atoms with van der Waals surface area (Å²) in [6.45, 7) is 0. The largest absolute Gasteiger partial charge is 0.369 e. The van der Waals surface area contributed by atoms with Gasteiger partial charge >= 0.3 is 0 Å². The van der Waals surface area contributed by atoms with Crippen molar-refractivity contribution >= 4 is 22.7 Å². The van der Waals surface area contributed by atoms with Crippen molar-refractivity contribution in [1.29, 1.82) is 0 Å². The Hall–Kier alpha value is -2.43. The van der Waals surface area contributed by atoms with Crippen LogP contribution in [-0.4, -0.2) is 22.8 Å². The van der Waals surface area contributed by atoms with Crippen LogP contribution in [0.5, 0.6) is 0 Å². The predicted molar refractivity (Wildman–Crippen MR) is 98.2 cm³/mol. The monoisotopic (exact) mass is 349 g/mol. The van der Waals surface area contributed by atoms with Gasteiger partial charge in [-0.05, 0) is 62.0 Å². The fourth-order valence-electron chi connectivity index (χ4n) is 6.08. The number of benzene rings is 1. The van der Waals surface area contributed by atoms with Crippen LogP contribution in [0.15, 0.2) is 36.5 Å². The summed E-state index contributed by atoms with van der Waals surface area (Å²) in [5.41, 5.74) is 6.80. The topological polar surface area (TPSA) is 85.1 Å². The van der Waals surface area contributed by atoms with Crippen LogP contribution >= 0.6 is 0 Å². The Morgan fingerprint density at radius 1 is 1.08 bits per heavy atom. The van der Waals surface area contributed by atoms with Gasteiger partial charge in [0.05, 0.1) is 11.1 Å². The molecule has 4 aliphatic carbocycles. The Labute approximate surface area is 152 Å². The standard InChI is InChI=1S/C21H23N3O2/c22-20(26)21-9-12-7-14(10-21)17(15(8-12)11-21)24-19(25)16-5-1-3-13-4-2-6-23-18(13)16/h1-6,12,14-15,17H,7-11H2,(H2,22,26)(H,24,25). The van der Waals surface area contributed by atoms with E-state index < -0.39 is 0 Å². The Morgan fingerprint density at radius 3 is 2.54 bits per heavy atom. The minimum atomic E-state index is -0.321. The number of fused-ring (bicyclic) bond motifs is 1. The summed E-state index contributed by atoms with van der Waals surface area (Å²) in [5.74, 6) is 1.12. The first kappa shape index (κ1) is 15.8. The first-order valence-electron chi connectivity index (χ1n) is 9.50. The van der Waals surface area contributed by atoms with Gasteiger partial charge in [0.15, 0.2) is 0 Å². The molecule has 2 unspecified atom stereocenters. The van der Waals surface area contributed by atoms with Gasteiger partial charge in [-0.15, -0.1) is 0 Å². The second kappa shape index (κ2) is 5.53. The number of nitrogens with one attached hydrogen (secondary N) is 1. The maximum Gasteiger partial charge on any atom is 0.253 e. The summed E-state index contributed by atoms with van der Waals surface area (Å²) in [4.78, 5) is 29.5. The van der Waals surface area contributed by atoms with E-state index in [0.29, 0.717) is 23.3 Å². The summed E-state index contributed by atoms with van der Waals surface area (Å²) in [5, 5.41) is 4.27. The molecule has 4 saturated carbocycles. The first-order valence-corrected chi connectivity index (χ1v) is 9.50. The highest BCUT2D eigenvalue weighted by Gasteiger charge is 2.58. The molecule has 2 atom stereocenters. The molecule has 1 heterocycles. The van der Waals surface area contributed by atoms with Crippen LogP contribution in [0, 0.1) is 23.2 Å². The molecule has 1 aromatic heterocycles. The number of aromatic nitrogens is 1. The van der Waals surface area contributed by atoms with Crippen LogP contribution in [0.4, 0.5) is 0 Å². The molecule has 0 aliphatic heterocycles. The minimum absolute atomic E-state index is 0.0556. The smallest absolute Gasteiger partial charge is 0.253 e. The number of rotatable bonds is 3. The molecule has 2 aromatic rings. The van der Waals surface area contributed by atoms with Crippen LogP contribution in [0.3, 0.4) is 0 Å². The Morgan fingerprint density at radius 2 is 1.81 bits per heavy atom. The number of pyridine rings is 1. The van der Waals surface area contributed by atoms with E-state index in [1.165, 1.54) is 0 Å². The van der Waals surface area contributed by atoms with Crippen LogP contribution in [0.1, 0.15) is 42.5 Å². The molecule has 3 N–H and O–H groups in total. The number of primary amides is 1. The van der Waals surface area contributed by atoms with E-state index in [0.717, 1.165) is 43.0 Å². The van der Waals surface area contributed by atoms with Crippen LogP contribution < -0.4 is 11.1 Å². The number of amides is 2. The molecule has 1 aromatic carbocycles. The van der Waals surface area contributed by atoms with Crippen molar-refractivity contribution in [3.63, 3.8) is 0 Å². The number of hydrogen-bond acceptors (Lipinski definition) is 3. The van der Waals surface area contributed by atoms with Crippen LogP contribution in [0.2, 0.25) is 0 Å². The van der Waals surface area contributed by atoms with Gasteiger partial charge in [-0.25, -0.2) is 0 Å². The van der Waals surface area contributed by atoms with Gasteiger partial charge in [-0.3, -0.25) is 14.6 Å². The second-order valence-electron chi connectivity index (χ2n) is 8.49. The maximum absolute atomic E-state index is 13.0. The fraction of sp³-hybridized carbons (Fsp3) is 0.476. The Bertz CT molecular complexity index is 888. The van der Waals surface area contributed by atoms with Crippen LogP contribution in [0.25, 0.3) is 10.9 Å². The first-order chi connectivity index (χ1) is 12.6. The van der Waals surface area contributed by atoms with Crippen LogP contribution in [-0.2, 0) is 4.79 Å². The highest BCUT2D eigenvalue weighted by atomic mass is 16.2. The molecule has 0 saturated heterocycles. The molecular formula is C21H23N3O2. The lowest BCUT2D eigenvalue weighted by Gasteiger charge is -2.58. The minimum Gasteiger partial charge on any atom is -0.369 e. The average Bonchev–Trinajstić information content (AvgIpc) is 2.63. The summed E-state index contributed by atoms with van der Waals surface area (Å²) in [6.07, 6.45) is 6.53. The molecule has 0 radical (unpaired) electrons. The predicted octanol–water partition coefficient (Wildman–Crippen LogP) is 2.64. The van der Waals surface area contributed by atoms with Crippen molar-refractivity contribution in [2.75, 3.05) is 0 Å². The zero-order valence-corrected chi connectivity index (χ0v) is 14.7. The molecule has 4 fully saturated rings. The molecule has 4 bridgehead atoms. The SMILES string of the molecule is NC(=O)C12CC3CC(C1)C(NC(=O)c1cccc4cccnc14)C(C3)C2. The van der Waals surface area contributed by atoms with Gasteiger partial charge in [0.25, 0.3) is 5.91 Å². The molecular weight excluding hydrogens is 326 g/mol. The lowest BCUT2D eigenvalue weighted by molar-refractivity contribution is -0.145. The summed E-state index contributed by atoms with van der Waals surface area (Å²) in [6, 6.07) is 9.71. The summed E-state index contributed by atoms with van der Waals surface area (Å²) in [7, 11) is 0. The van der Waals surface area contributed by atoms with E-state index in [1.54, 1.807) is 6.20 Å². The van der Waals surface area contributed by atoms with Gasteiger partial charge in [-0.2, -0.15) is 0 Å². The van der Waals surface area contributed by atoms with Gasteiger partial charge < -0.3 is 11.1 Å². The number of nitrogens with two attached hydrogens (primary N) is 1. The third kappa shape index (κ3) is 2.26. The third-order valence-corrected chi connectivity index (χ3v) is 6.97.